The highest BCUT2D eigenvalue weighted by Crippen LogP contribution is 2.22. The van der Waals surface area contributed by atoms with E-state index in [0.29, 0.717) is 0 Å². The molecule has 5 heteroatoms. The summed E-state index contributed by atoms with van der Waals surface area (Å²) in [7, 11) is 0. The summed E-state index contributed by atoms with van der Waals surface area (Å²) in [6, 6.07) is 9.09. The lowest BCUT2D eigenvalue weighted by Gasteiger charge is -2.14. The molecule has 0 aliphatic rings. The molecule has 114 valence electrons. The monoisotopic (exact) mass is 311 g/mol. The van der Waals surface area contributed by atoms with Crippen molar-refractivity contribution in [2.24, 2.45) is 0 Å². The lowest BCUT2D eigenvalue weighted by Crippen LogP contribution is -2.17. The van der Waals surface area contributed by atoms with Crippen LogP contribution in [0.25, 0.3) is 0 Å². The molecule has 0 saturated carbocycles. The molecule has 0 bridgehead atoms. The van der Waals surface area contributed by atoms with Crippen molar-refractivity contribution >= 4 is 11.3 Å². The van der Waals surface area contributed by atoms with Gasteiger partial charge < -0.3 is 10.1 Å². The molecule has 21 heavy (non-hydrogen) atoms. The summed E-state index contributed by atoms with van der Waals surface area (Å²) in [4.78, 5) is 2.64. The van der Waals surface area contributed by atoms with Gasteiger partial charge in [-0.05, 0) is 50.1 Å². The highest BCUT2D eigenvalue weighted by atomic mass is 32.1. The molecule has 1 atom stereocenters. The first-order chi connectivity index (χ1) is 9.95. The van der Waals surface area contributed by atoms with Crippen molar-refractivity contribution in [1.29, 1.82) is 0 Å². The maximum Gasteiger partial charge on any atom is 0.387 e. The third-order valence-electron chi connectivity index (χ3n) is 3.40. The predicted molar refractivity (Wildman–Crippen MR) is 82.1 cm³/mol. The quantitative estimate of drug-likeness (QED) is 0.826. The van der Waals surface area contributed by atoms with Gasteiger partial charge in [-0.25, -0.2) is 0 Å². The molecule has 2 rings (SSSR count). The summed E-state index contributed by atoms with van der Waals surface area (Å²) in [5.41, 5.74) is 2.36. The zero-order chi connectivity index (χ0) is 15.4. The van der Waals surface area contributed by atoms with Crippen molar-refractivity contribution in [3.63, 3.8) is 0 Å². The summed E-state index contributed by atoms with van der Waals surface area (Å²) in [6.07, 6.45) is 0. The van der Waals surface area contributed by atoms with Gasteiger partial charge in [-0.15, -0.1) is 11.3 Å². The second kappa shape index (κ2) is 7.00. The van der Waals surface area contributed by atoms with E-state index in [1.165, 1.54) is 15.3 Å². The maximum absolute atomic E-state index is 12.1. The molecule has 1 N–H and O–H groups in total. The Balaban J connectivity index is 1.92. The molecule has 0 saturated heterocycles. The third kappa shape index (κ3) is 4.51. The van der Waals surface area contributed by atoms with E-state index in [0.717, 1.165) is 12.1 Å². The molecular weight excluding hydrogens is 292 g/mol. The van der Waals surface area contributed by atoms with E-state index >= 15 is 0 Å². The highest BCUT2D eigenvalue weighted by Gasteiger charge is 2.08. The minimum Gasteiger partial charge on any atom is -0.435 e. The molecule has 0 radical (unpaired) electrons. The van der Waals surface area contributed by atoms with Gasteiger partial charge >= 0.3 is 6.61 Å². The summed E-state index contributed by atoms with van der Waals surface area (Å²) in [6.45, 7) is 4.30. The molecule has 1 aromatic heterocycles. The molecule has 0 amide bonds. The average molecular weight is 311 g/mol. The van der Waals surface area contributed by atoms with Gasteiger partial charge in [0.25, 0.3) is 0 Å². The lowest BCUT2D eigenvalue weighted by molar-refractivity contribution is -0.0498. The van der Waals surface area contributed by atoms with Crippen LogP contribution >= 0.6 is 11.3 Å². The number of hydrogen-bond donors (Lipinski definition) is 1. The fourth-order valence-corrected chi connectivity index (χ4v) is 3.05. The Kier molecular flexibility index (Phi) is 5.31. The SMILES string of the molecule is Cc1cc(CNC(C)c2ccc(OC(F)F)cc2)sc1C. The Morgan fingerprint density at radius 2 is 1.86 bits per heavy atom. The molecule has 0 aliphatic heterocycles. The van der Waals surface area contributed by atoms with E-state index in [4.69, 9.17) is 0 Å². The molecule has 2 nitrogen and oxygen atoms in total. The minimum atomic E-state index is -2.78. The van der Waals surface area contributed by atoms with Crippen molar-refractivity contribution in [3.05, 3.63) is 51.2 Å². The molecule has 0 spiro atoms. The molecule has 0 fully saturated rings. The summed E-state index contributed by atoms with van der Waals surface area (Å²) >= 11 is 1.79. The van der Waals surface area contributed by atoms with Crippen molar-refractivity contribution in [2.45, 2.75) is 40.0 Å². The predicted octanol–water partition coefficient (Wildman–Crippen LogP) is 4.82. The van der Waals surface area contributed by atoms with Gasteiger partial charge in [-0.1, -0.05) is 12.1 Å². The van der Waals surface area contributed by atoms with Crippen molar-refractivity contribution in [1.82, 2.24) is 5.32 Å². The van der Waals surface area contributed by atoms with Gasteiger partial charge in [0.2, 0.25) is 0 Å². The van der Waals surface area contributed by atoms with Gasteiger partial charge in [0.05, 0.1) is 0 Å². The Morgan fingerprint density at radius 3 is 2.38 bits per heavy atom. The van der Waals surface area contributed by atoms with Crippen molar-refractivity contribution in [2.75, 3.05) is 0 Å². The van der Waals surface area contributed by atoms with Crippen LogP contribution in [-0.2, 0) is 6.54 Å². The largest absolute Gasteiger partial charge is 0.435 e. The molecule has 1 aromatic carbocycles. The number of nitrogens with one attached hydrogen (secondary N) is 1. The molecule has 2 aromatic rings. The normalized spacial score (nSPS) is 12.7. The summed E-state index contributed by atoms with van der Waals surface area (Å²) in [5, 5.41) is 3.44. The van der Waals surface area contributed by atoms with E-state index in [9.17, 15) is 8.78 Å². The van der Waals surface area contributed by atoms with Crippen LogP contribution in [0.3, 0.4) is 0 Å². The van der Waals surface area contributed by atoms with E-state index in [-0.39, 0.29) is 11.8 Å². The fraction of sp³-hybridized carbons (Fsp3) is 0.375. The van der Waals surface area contributed by atoms with E-state index in [1.807, 2.05) is 0 Å². The van der Waals surface area contributed by atoms with Crippen LogP contribution in [0.15, 0.2) is 30.3 Å². The zero-order valence-electron chi connectivity index (χ0n) is 12.3. The number of ether oxygens (including phenoxy) is 1. The Morgan fingerprint density at radius 1 is 1.19 bits per heavy atom. The zero-order valence-corrected chi connectivity index (χ0v) is 13.1. The van der Waals surface area contributed by atoms with Crippen LogP contribution in [0.5, 0.6) is 5.75 Å². The standard InChI is InChI=1S/C16H19F2NOS/c1-10-8-15(21-12(10)3)9-19-11(2)13-4-6-14(7-5-13)20-16(17)18/h4-8,11,16,19H,9H2,1-3H3. The Labute approximate surface area is 127 Å². The second-order valence-electron chi connectivity index (χ2n) is 5.00. The average Bonchev–Trinajstić information content (AvgIpc) is 2.75. The van der Waals surface area contributed by atoms with Crippen LogP contribution in [0.2, 0.25) is 0 Å². The summed E-state index contributed by atoms with van der Waals surface area (Å²) < 4.78 is 28.5. The van der Waals surface area contributed by atoms with Crippen LogP contribution < -0.4 is 10.1 Å². The number of rotatable bonds is 6. The molecule has 0 aliphatic carbocycles. The van der Waals surface area contributed by atoms with Crippen LogP contribution in [0.1, 0.15) is 33.8 Å². The van der Waals surface area contributed by atoms with Gasteiger partial charge in [-0.2, -0.15) is 8.78 Å². The number of aryl methyl sites for hydroxylation is 2. The minimum absolute atomic E-state index is 0.147. The van der Waals surface area contributed by atoms with E-state index in [2.05, 4.69) is 36.9 Å². The Bertz CT molecular complexity index is 561. The number of halogens is 2. The summed E-state index contributed by atoms with van der Waals surface area (Å²) in [5.74, 6) is 0.186. The first kappa shape index (κ1) is 15.9. The van der Waals surface area contributed by atoms with E-state index < -0.39 is 6.61 Å². The van der Waals surface area contributed by atoms with Crippen molar-refractivity contribution < 1.29 is 13.5 Å². The Hall–Kier alpha value is -1.46. The first-order valence-corrected chi connectivity index (χ1v) is 7.61. The molecule has 1 unspecified atom stereocenters. The number of thiophene rings is 1. The highest BCUT2D eigenvalue weighted by molar-refractivity contribution is 7.12. The maximum atomic E-state index is 12.1. The van der Waals surface area contributed by atoms with Crippen LogP contribution in [0, 0.1) is 13.8 Å². The van der Waals surface area contributed by atoms with E-state index in [1.54, 1.807) is 35.6 Å². The van der Waals surface area contributed by atoms with Gasteiger partial charge in [0.1, 0.15) is 5.75 Å². The first-order valence-electron chi connectivity index (χ1n) is 6.80. The smallest absolute Gasteiger partial charge is 0.387 e. The molecular formula is C16H19F2NOS. The fourth-order valence-electron chi connectivity index (χ4n) is 2.05. The van der Waals surface area contributed by atoms with Gasteiger partial charge in [-0.3, -0.25) is 0 Å². The van der Waals surface area contributed by atoms with Gasteiger partial charge in [0.15, 0.2) is 0 Å². The van der Waals surface area contributed by atoms with Gasteiger partial charge in [0, 0.05) is 22.3 Å². The number of benzene rings is 1. The van der Waals surface area contributed by atoms with Crippen LogP contribution in [-0.4, -0.2) is 6.61 Å². The van der Waals surface area contributed by atoms with Crippen LogP contribution in [0.4, 0.5) is 8.78 Å². The van der Waals surface area contributed by atoms with Crippen molar-refractivity contribution in [3.8, 4) is 5.75 Å². The second-order valence-corrected chi connectivity index (χ2v) is 6.34. The molecule has 1 heterocycles. The third-order valence-corrected chi connectivity index (χ3v) is 4.56. The lowest BCUT2D eigenvalue weighted by atomic mass is 10.1. The number of hydrogen-bond acceptors (Lipinski definition) is 3. The number of alkyl halides is 2. The topological polar surface area (TPSA) is 21.3 Å².